The quantitative estimate of drug-likeness (QED) is 0.598. The third-order valence-electron chi connectivity index (χ3n) is 1.52. The highest BCUT2D eigenvalue weighted by Crippen LogP contribution is 1.98. The lowest BCUT2D eigenvalue weighted by atomic mass is 10.2. The van der Waals surface area contributed by atoms with Gasteiger partial charge >= 0.3 is 0 Å². The fraction of sp³-hybridized carbons (Fsp3) is 0.600. The molecule has 0 aliphatic heterocycles. The SMILES string of the molecule is CC/C=C\C=C(/C)CCNC. The number of nitrogens with one attached hydrogen (secondary N) is 1. The van der Waals surface area contributed by atoms with Gasteiger partial charge in [0.1, 0.15) is 0 Å². The highest BCUT2D eigenvalue weighted by atomic mass is 14.8. The molecule has 0 aliphatic rings. The number of hydrogen-bond acceptors (Lipinski definition) is 1. The zero-order valence-corrected chi connectivity index (χ0v) is 7.85. The fourth-order valence-corrected chi connectivity index (χ4v) is 0.774. The second kappa shape index (κ2) is 7.55. The smallest absolute Gasteiger partial charge is 0.00146 e. The molecule has 0 rings (SSSR count). The molecule has 0 amide bonds. The lowest BCUT2D eigenvalue weighted by Gasteiger charge is -1.97. The minimum absolute atomic E-state index is 1.07. The van der Waals surface area contributed by atoms with Crippen molar-refractivity contribution in [2.24, 2.45) is 0 Å². The summed E-state index contributed by atoms with van der Waals surface area (Å²) in [6, 6.07) is 0. The molecule has 0 bridgehead atoms. The van der Waals surface area contributed by atoms with Crippen LogP contribution in [0.1, 0.15) is 26.7 Å². The normalized spacial score (nSPS) is 12.8. The average Bonchev–Trinajstić information content (AvgIpc) is 2.01. The van der Waals surface area contributed by atoms with E-state index in [2.05, 4.69) is 37.4 Å². The summed E-state index contributed by atoms with van der Waals surface area (Å²) < 4.78 is 0. The molecule has 0 aromatic rings. The Kier molecular flexibility index (Phi) is 7.16. The molecule has 64 valence electrons. The van der Waals surface area contributed by atoms with Crippen LogP contribution in [0.15, 0.2) is 23.8 Å². The van der Waals surface area contributed by atoms with Crippen molar-refractivity contribution in [2.75, 3.05) is 13.6 Å². The largest absolute Gasteiger partial charge is 0.319 e. The van der Waals surface area contributed by atoms with E-state index in [-0.39, 0.29) is 0 Å². The molecule has 0 radical (unpaired) electrons. The Balaban J connectivity index is 3.53. The number of rotatable bonds is 5. The summed E-state index contributed by atoms with van der Waals surface area (Å²) in [7, 11) is 1.98. The zero-order chi connectivity index (χ0) is 8.53. The van der Waals surface area contributed by atoms with Crippen molar-refractivity contribution >= 4 is 0 Å². The van der Waals surface area contributed by atoms with Gasteiger partial charge in [0.2, 0.25) is 0 Å². The molecule has 0 spiro atoms. The van der Waals surface area contributed by atoms with Gasteiger partial charge < -0.3 is 5.32 Å². The molecule has 0 aromatic heterocycles. The van der Waals surface area contributed by atoms with Crippen molar-refractivity contribution in [3.8, 4) is 0 Å². The molecular weight excluding hydrogens is 134 g/mol. The van der Waals surface area contributed by atoms with E-state index in [4.69, 9.17) is 0 Å². The molecule has 0 aliphatic carbocycles. The van der Waals surface area contributed by atoms with E-state index in [1.54, 1.807) is 0 Å². The van der Waals surface area contributed by atoms with Gasteiger partial charge in [-0.15, -0.1) is 0 Å². The predicted octanol–water partition coefficient (Wildman–Crippen LogP) is 2.51. The summed E-state index contributed by atoms with van der Waals surface area (Å²) in [5.74, 6) is 0. The molecule has 11 heavy (non-hydrogen) atoms. The van der Waals surface area contributed by atoms with Crippen LogP contribution in [0.5, 0.6) is 0 Å². The van der Waals surface area contributed by atoms with Gasteiger partial charge in [-0.2, -0.15) is 0 Å². The van der Waals surface area contributed by atoms with Crippen molar-refractivity contribution in [2.45, 2.75) is 26.7 Å². The van der Waals surface area contributed by atoms with E-state index in [1.165, 1.54) is 5.57 Å². The summed E-state index contributed by atoms with van der Waals surface area (Å²) >= 11 is 0. The van der Waals surface area contributed by atoms with E-state index in [0.29, 0.717) is 0 Å². The van der Waals surface area contributed by atoms with E-state index in [1.807, 2.05) is 7.05 Å². The zero-order valence-electron chi connectivity index (χ0n) is 7.85. The van der Waals surface area contributed by atoms with Gasteiger partial charge in [0.25, 0.3) is 0 Å². The summed E-state index contributed by atoms with van der Waals surface area (Å²) in [5.41, 5.74) is 1.43. The maximum atomic E-state index is 3.12. The first-order valence-electron chi connectivity index (χ1n) is 4.28. The molecular formula is C10H19N. The second-order valence-electron chi connectivity index (χ2n) is 2.70. The van der Waals surface area contributed by atoms with Crippen LogP contribution in [0.25, 0.3) is 0 Å². The lowest BCUT2D eigenvalue weighted by Crippen LogP contribution is -2.07. The van der Waals surface area contributed by atoms with Crippen molar-refractivity contribution in [3.63, 3.8) is 0 Å². The van der Waals surface area contributed by atoms with Crippen LogP contribution in [0.2, 0.25) is 0 Å². The van der Waals surface area contributed by atoms with Gasteiger partial charge in [0.05, 0.1) is 0 Å². The Morgan fingerprint density at radius 1 is 1.45 bits per heavy atom. The third kappa shape index (κ3) is 7.34. The summed E-state index contributed by atoms with van der Waals surface area (Å²) in [5, 5.41) is 3.12. The van der Waals surface area contributed by atoms with Gasteiger partial charge in [-0.3, -0.25) is 0 Å². The molecule has 0 saturated carbocycles. The standard InChI is InChI=1S/C10H19N/c1-4-5-6-7-10(2)8-9-11-3/h5-7,11H,4,8-9H2,1-3H3/b6-5-,10-7+. The molecule has 0 saturated heterocycles. The molecule has 1 N–H and O–H groups in total. The first-order valence-corrected chi connectivity index (χ1v) is 4.28. The molecule has 0 unspecified atom stereocenters. The highest BCUT2D eigenvalue weighted by molar-refractivity contribution is 5.10. The summed E-state index contributed by atoms with van der Waals surface area (Å²) in [6.45, 7) is 5.38. The van der Waals surface area contributed by atoms with E-state index >= 15 is 0 Å². The first kappa shape index (κ1) is 10.4. The average molecular weight is 153 g/mol. The lowest BCUT2D eigenvalue weighted by molar-refractivity contribution is 0.785. The molecule has 0 fully saturated rings. The van der Waals surface area contributed by atoms with Crippen LogP contribution >= 0.6 is 0 Å². The Labute approximate surface area is 70.2 Å². The van der Waals surface area contributed by atoms with Gasteiger partial charge in [-0.1, -0.05) is 30.7 Å². The van der Waals surface area contributed by atoms with Crippen molar-refractivity contribution in [1.29, 1.82) is 0 Å². The van der Waals surface area contributed by atoms with Crippen LogP contribution < -0.4 is 5.32 Å². The maximum absolute atomic E-state index is 3.12. The Morgan fingerprint density at radius 2 is 2.18 bits per heavy atom. The van der Waals surface area contributed by atoms with Gasteiger partial charge in [0, 0.05) is 0 Å². The van der Waals surface area contributed by atoms with E-state index < -0.39 is 0 Å². The van der Waals surface area contributed by atoms with Crippen molar-refractivity contribution < 1.29 is 0 Å². The predicted molar refractivity (Wildman–Crippen MR) is 51.7 cm³/mol. The Hall–Kier alpha value is -0.560. The number of allylic oxidation sites excluding steroid dienone is 3. The van der Waals surface area contributed by atoms with E-state index in [0.717, 1.165) is 19.4 Å². The first-order chi connectivity index (χ1) is 5.31. The highest BCUT2D eigenvalue weighted by Gasteiger charge is 1.84. The van der Waals surface area contributed by atoms with E-state index in [9.17, 15) is 0 Å². The monoisotopic (exact) mass is 153 g/mol. The van der Waals surface area contributed by atoms with Crippen LogP contribution in [-0.2, 0) is 0 Å². The molecule has 0 aromatic carbocycles. The minimum Gasteiger partial charge on any atom is -0.319 e. The minimum atomic E-state index is 1.07. The second-order valence-corrected chi connectivity index (χ2v) is 2.70. The van der Waals surface area contributed by atoms with Gasteiger partial charge in [-0.05, 0) is 33.4 Å². The Morgan fingerprint density at radius 3 is 2.73 bits per heavy atom. The summed E-state index contributed by atoms with van der Waals surface area (Å²) in [6.07, 6.45) is 8.75. The third-order valence-corrected chi connectivity index (χ3v) is 1.52. The van der Waals surface area contributed by atoms with Crippen LogP contribution in [0.3, 0.4) is 0 Å². The molecule has 0 atom stereocenters. The van der Waals surface area contributed by atoms with Crippen LogP contribution in [-0.4, -0.2) is 13.6 Å². The van der Waals surface area contributed by atoms with Gasteiger partial charge in [-0.25, -0.2) is 0 Å². The van der Waals surface area contributed by atoms with Crippen LogP contribution in [0.4, 0.5) is 0 Å². The topological polar surface area (TPSA) is 12.0 Å². The fourth-order valence-electron chi connectivity index (χ4n) is 0.774. The maximum Gasteiger partial charge on any atom is -0.00146 e. The van der Waals surface area contributed by atoms with Gasteiger partial charge in [0.15, 0.2) is 0 Å². The van der Waals surface area contributed by atoms with Crippen LogP contribution in [0, 0.1) is 0 Å². The molecule has 1 heteroatoms. The summed E-state index contributed by atoms with van der Waals surface area (Å²) in [4.78, 5) is 0. The van der Waals surface area contributed by atoms with Crippen molar-refractivity contribution in [3.05, 3.63) is 23.8 Å². The molecule has 0 heterocycles. The number of hydrogen-bond donors (Lipinski definition) is 1. The Bertz CT molecular complexity index is 134. The molecule has 1 nitrogen and oxygen atoms in total. The van der Waals surface area contributed by atoms with Crippen molar-refractivity contribution in [1.82, 2.24) is 5.32 Å².